The molecule has 0 radical (unpaired) electrons. The number of aromatic nitrogens is 2. The van der Waals surface area contributed by atoms with E-state index in [1.165, 1.54) is 4.31 Å². The fourth-order valence-electron chi connectivity index (χ4n) is 6.50. The van der Waals surface area contributed by atoms with Crippen LogP contribution in [-0.2, 0) is 19.6 Å². The highest BCUT2D eigenvalue weighted by Crippen LogP contribution is 2.51. The molecule has 1 saturated heterocycles. The van der Waals surface area contributed by atoms with Crippen molar-refractivity contribution in [2.45, 2.75) is 44.4 Å². The predicted molar refractivity (Wildman–Crippen MR) is 163 cm³/mol. The minimum atomic E-state index is -3.60. The third kappa shape index (κ3) is 4.83. The number of ketones is 1. The van der Waals surface area contributed by atoms with Crippen LogP contribution >= 0.6 is 0 Å². The van der Waals surface area contributed by atoms with Gasteiger partial charge in [0.05, 0.1) is 35.4 Å². The van der Waals surface area contributed by atoms with Gasteiger partial charge in [-0.25, -0.2) is 13.1 Å². The maximum absolute atomic E-state index is 13.7. The second kappa shape index (κ2) is 10.3. The maximum Gasteiger partial charge on any atom is 0.243 e. The number of hydrogen-bond donors (Lipinski definition) is 1. The van der Waals surface area contributed by atoms with E-state index in [0.717, 1.165) is 46.0 Å². The van der Waals surface area contributed by atoms with Crippen LogP contribution in [0.15, 0.2) is 87.3 Å². The predicted octanol–water partition coefficient (Wildman–Crippen LogP) is 5.66. The van der Waals surface area contributed by atoms with Crippen molar-refractivity contribution in [3.63, 3.8) is 0 Å². The van der Waals surface area contributed by atoms with Gasteiger partial charge in [-0.2, -0.15) is 9.40 Å². The van der Waals surface area contributed by atoms with Crippen molar-refractivity contribution >= 4 is 21.6 Å². The number of fused-ring (bicyclic) bond motifs is 1. The minimum Gasteiger partial charge on any atom is -0.460 e. The zero-order valence-electron chi connectivity index (χ0n) is 24.5. The molecule has 7 rings (SSSR count). The quantitative estimate of drug-likeness (QED) is 0.316. The molecule has 0 unspecified atom stereocenters. The van der Waals surface area contributed by atoms with Crippen molar-refractivity contribution in [3.05, 3.63) is 95.0 Å². The number of carbonyl (C=O) groups excluding carboxylic acids is 1. The van der Waals surface area contributed by atoms with Crippen LogP contribution in [0.1, 0.15) is 49.6 Å². The summed E-state index contributed by atoms with van der Waals surface area (Å²) < 4.78 is 41.4. The number of allylic oxidation sites excluding steroid dienone is 2. The summed E-state index contributed by atoms with van der Waals surface area (Å²) in [4.78, 5) is 14.0. The van der Waals surface area contributed by atoms with Crippen LogP contribution in [0.3, 0.4) is 0 Å². The van der Waals surface area contributed by atoms with Gasteiger partial charge >= 0.3 is 0 Å². The molecule has 1 N–H and O–H groups in total. The number of ether oxygens (including phenoxy) is 1. The van der Waals surface area contributed by atoms with E-state index in [1.807, 2.05) is 54.1 Å². The van der Waals surface area contributed by atoms with Crippen molar-refractivity contribution < 1.29 is 22.4 Å². The molecule has 3 aliphatic rings. The van der Waals surface area contributed by atoms with E-state index >= 15 is 0 Å². The highest BCUT2D eigenvalue weighted by molar-refractivity contribution is 7.89. The maximum atomic E-state index is 13.7. The number of Topliss-reactive ketones (excluding diaryl/α,β-unsaturated/α-hetero) is 1. The average Bonchev–Trinajstić information content (AvgIpc) is 3.61. The zero-order chi connectivity index (χ0) is 29.9. The fraction of sp³-hybridized carbons (Fsp3) is 0.333. The number of rotatable bonds is 5. The normalized spacial score (nSPS) is 20.4. The minimum absolute atomic E-state index is 0.108. The van der Waals surface area contributed by atoms with Gasteiger partial charge in [-0.15, -0.1) is 0 Å². The van der Waals surface area contributed by atoms with E-state index in [-0.39, 0.29) is 16.1 Å². The van der Waals surface area contributed by atoms with Crippen LogP contribution < -0.4 is 5.32 Å². The van der Waals surface area contributed by atoms with Gasteiger partial charge in [0.1, 0.15) is 17.3 Å². The zero-order valence-corrected chi connectivity index (χ0v) is 25.3. The second-order valence-corrected chi connectivity index (χ2v) is 14.2. The molecule has 4 aromatic rings. The van der Waals surface area contributed by atoms with Crippen molar-refractivity contribution in [1.82, 2.24) is 14.1 Å². The van der Waals surface area contributed by atoms with Gasteiger partial charge in [0, 0.05) is 41.9 Å². The van der Waals surface area contributed by atoms with E-state index in [0.29, 0.717) is 44.2 Å². The number of hydrogen-bond acceptors (Lipinski definition) is 7. The van der Waals surface area contributed by atoms with E-state index in [9.17, 15) is 13.2 Å². The molecule has 0 amide bonds. The number of carbonyl (C=O) groups is 1. The lowest BCUT2D eigenvalue weighted by Crippen LogP contribution is -2.40. The number of benzene rings is 2. The third-order valence-electron chi connectivity index (χ3n) is 8.53. The van der Waals surface area contributed by atoms with Gasteiger partial charge < -0.3 is 14.5 Å². The van der Waals surface area contributed by atoms with Crippen molar-refractivity contribution in [3.8, 4) is 17.0 Å². The molecule has 0 bridgehead atoms. The standard InChI is InChI=1S/C33H34N4O5S/c1-21-29-31(28-14-13-27(42-28)22-9-11-24(12-10-22)43(39,40)36-15-17-41-18-16-36)30-25(19-33(2,3)20-26(30)38)34-32(29)37(35-21)23-7-5-4-6-8-23/h4-14,31,34H,15-20H2,1-3H3/t31-/m1/s1. The Kier molecular flexibility index (Phi) is 6.68. The van der Waals surface area contributed by atoms with E-state index < -0.39 is 15.9 Å². The summed E-state index contributed by atoms with van der Waals surface area (Å²) in [5.41, 5.74) is 4.88. The first-order valence-electron chi connectivity index (χ1n) is 14.6. The van der Waals surface area contributed by atoms with E-state index in [2.05, 4.69) is 19.2 Å². The van der Waals surface area contributed by atoms with E-state index in [1.54, 1.807) is 24.3 Å². The number of furan rings is 1. The summed E-state index contributed by atoms with van der Waals surface area (Å²) in [5, 5.41) is 8.51. The van der Waals surface area contributed by atoms with Gasteiger partial charge in [0.15, 0.2) is 5.78 Å². The number of para-hydroxylation sites is 1. The largest absolute Gasteiger partial charge is 0.460 e. The van der Waals surface area contributed by atoms with Crippen LogP contribution in [0.25, 0.3) is 17.0 Å². The Morgan fingerprint density at radius 3 is 2.40 bits per heavy atom. The molecule has 1 atom stereocenters. The lowest BCUT2D eigenvalue weighted by Gasteiger charge is -2.38. The van der Waals surface area contributed by atoms with Crippen LogP contribution in [0.2, 0.25) is 0 Å². The lowest BCUT2D eigenvalue weighted by molar-refractivity contribution is -0.118. The fourth-order valence-corrected chi connectivity index (χ4v) is 7.91. The Bertz CT molecular complexity index is 1850. The Labute approximate surface area is 251 Å². The molecule has 9 nitrogen and oxygen atoms in total. The summed E-state index contributed by atoms with van der Waals surface area (Å²) in [7, 11) is -3.60. The molecular formula is C33H34N4O5S. The van der Waals surface area contributed by atoms with Crippen LogP contribution in [0.4, 0.5) is 5.82 Å². The molecule has 4 heterocycles. The highest BCUT2D eigenvalue weighted by atomic mass is 32.2. The number of morpholine rings is 1. The summed E-state index contributed by atoms with van der Waals surface area (Å²) in [6.07, 6.45) is 1.19. The molecular weight excluding hydrogens is 564 g/mol. The highest BCUT2D eigenvalue weighted by Gasteiger charge is 2.44. The molecule has 10 heteroatoms. The monoisotopic (exact) mass is 598 g/mol. The Morgan fingerprint density at radius 2 is 1.67 bits per heavy atom. The SMILES string of the molecule is Cc1nn(-c2ccccc2)c2c1[C@@H](c1ccc(-c3ccc(S(=O)(=O)N4CCOCC4)cc3)o1)C1=C(CC(C)(C)CC1=O)N2. The molecule has 2 aromatic carbocycles. The molecule has 222 valence electrons. The number of nitrogens with one attached hydrogen (secondary N) is 1. The molecule has 2 aromatic heterocycles. The van der Waals surface area contributed by atoms with Gasteiger partial charge in [-0.3, -0.25) is 4.79 Å². The first-order chi connectivity index (χ1) is 20.6. The molecule has 0 saturated carbocycles. The number of sulfonamides is 1. The van der Waals surface area contributed by atoms with Gasteiger partial charge in [0.2, 0.25) is 10.0 Å². The summed E-state index contributed by atoms with van der Waals surface area (Å²) in [6, 6.07) is 20.5. The van der Waals surface area contributed by atoms with Gasteiger partial charge in [-0.1, -0.05) is 32.0 Å². The Balaban J connectivity index is 1.28. The smallest absolute Gasteiger partial charge is 0.243 e. The summed E-state index contributed by atoms with van der Waals surface area (Å²) >= 11 is 0. The van der Waals surface area contributed by atoms with Crippen molar-refractivity contribution in [2.75, 3.05) is 31.6 Å². The number of aryl methyl sites for hydroxylation is 1. The summed E-state index contributed by atoms with van der Waals surface area (Å²) in [5.74, 6) is 1.79. The second-order valence-electron chi connectivity index (χ2n) is 12.2. The Hall–Kier alpha value is -3.99. The van der Waals surface area contributed by atoms with Crippen LogP contribution in [-0.4, -0.2) is 54.6 Å². The number of anilines is 1. The van der Waals surface area contributed by atoms with E-state index in [4.69, 9.17) is 14.3 Å². The van der Waals surface area contributed by atoms with Crippen LogP contribution in [0, 0.1) is 12.3 Å². The third-order valence-corrected chi connectivity index (χ3v) is 10.4. The molecule has 43 heavy (non-hydrogen) atoms. The number of nitrogens with zero attached hydrogens (tertiary/aromatic N) is 3. The Morgan fingerprint density at radius 1 is 0.953 bits per heavy atom. The molecule has 1 fully saturated rings. The van der Waals surface area contributed by atoms with Gasteiger partial charge in [0.25, 0.3) is 0 Å². The molecule has 0 spiro atoms. The topological polar surface area (TPSA) is 107 Å². The first kappa shape index (κ1) is 27.8. The molecule has 2 aliphatic heterocycles. The lowest BCUT2D eigenvalue weighted by atomic mass is 9.70. The van der Waals surface area contributed by atoms with Crippen molar-refractivity contribution in [1.29, 1.82) is 0 Å². The van der Waals surface area contributed by atoms with Crippen molar-refractivity contribution in [2.24, 2.45) is 5.41 Å². The first-order valence-corrected chi connectivity index (χ1v) is 16.0. The summed E-state index contributed by atoms with van der Waals surface area (Å²) in [6.45, 7) is 7.69. The van der Waals surface area contributed by atoms with Crippen LogP contribution in [0.5, 0.6) is 0 Å². The molecule has 1 aliphatic carbocycles. The van der Waals surface area contributed by atoms with Gasteiger partial charge in [-0.05, 0) is 67.3 Å². The average molecular weight is 599 g/mol.